The Balaban J connectivity index is 1.71. The van der Waals surface area contributed by atoms with E-state index in [1.165, 1.54) is 0 Å². The smallest absolute Gasteiger partial charge is 0.356 e. The third-order valence-electron chi connectivity index (χ3n) is 3.00. The van der Waals surface area contributed by atoms with E-state index in [4.69, 9.17) is 0 Å². The van der Waals surface area contributed by atoms with Crippen LogP contribution in [0.5, 0.6) is 0 Å². The third-order valence-corrected chi connectivity index (χ3v) is 4.87. The quantitative estimate of drug-likeness (QED) is 0.461. The number of aliphatic imine (C=N–C) groups is 1. The number of aromatic nitrogens is 2. The minimum Gasteiger partial charge on any atom is -0.356 e. The molecule has 0 bridgehead atoms. The first kappa shape index (κ1) is 18.7. The number of hydrogen-bond acceptors (Lipinski definition) is 5. The molecule has 0 radical (unpaired) electrons. The molecule has 0 atom stereocenters. The van der Waals surface area contributed by atoms with Crippen molar-refractivity contribution in [3.05, 3.63) is 32.2 Å². The van der Waals surface area contributed by atoms with Crippen LogP contribution in [0.3, 0.4) is 0 Å². The van der Waals surface area contributed by atoms with Crippen LogP contribution in [0.25, 0.3) is 0 Å². The Morgan fingerprint density at radius 2 is 1.92 bits per heavy atom. The summed E-state index contributed by atoms with van der Waals surface area (Å²) in [6, 6.07) is 0. The molecule has 0 saturated carbocycles. The van der Waals surface area contributed by atoms with Crippen LogP contribution >= 0.6 is 22.7 Å². The number of alkyl halides is 3. The highest BCUT2D eigenvalue weighted by Gasteiger charge is 2.33. The molecule has 24 heavy (non-hydrogen) atoms. The number of thiazole rings is 2. The first-order chi connectivity index (χ1) is 11.4. The van der Waals surface area contributed by atoms with E-state index in [2.05, 4.69) is 25.6 Å². The lowest BCUT2D eigenvalue weighted by atomic mass is 10.3. The molecular weight excluding hydrogens is 359 g/mol. The number of aryl methyl sites for hydroxylation is 2. The molecule has 5 nitrogen and oxygen atoms in total. The van der Waals surface area contributed by atoms with Gasteiger partial charge >= 0.3 is 6.18 Å². The molecule has 2 heterocycles. The van der Waals surface area contributed by atoms with Gasteiger partial charge in [0.15, 0.2) is 11.7 Å². The second-order valence-electron chi connectivity index (χ2n) is 4.96. The molecule has 0 aliphatic rings. The van der Waals surface area contributed by atoms with Crippen LogP contribution in [-0.4, -0.2) is 29.5 Å². The molecule has 2 N–H and O–H groups in total. The van der Waals surface area contributed by atoms with E-state index >= 15 is 0 Å². The Morgan fingerprint density at radius 3 is 2.50 bits per heavy atom. The van der Waals surface area contributed by atoms with Gasteiger partial charge in [0.2, 0.25) is 0 Å². The second kappa shape index (κ2) is 8.43. The molecular formula is C14H18F3N5S2. The van der Waals surface area contributed by atoms with Crippen LogP contribution in [0.1, 0.15) is 27.8 Å². The SMILES string of the molecule is CN=C(NCCCc1nc(C)cs1)NCc1nc(C(F)(F)F)cs1. The average Bonchev–Trinajstić information content (AvgIpc) is 3.15. The van der Waals surface area contributed by atoms with Crippen molar-refractivity contribution in [2.45, 2.75) is 32.5 Å². The van der Waals surface area contributed by atoms with Gasteiger partial charge in [-0.2, -0.15) is 13.2 Å². The number of halogens is 3. The summed E-state index contributed by atoms with van der Waals surface area (Å²) in [7, 11) is 1.61. The molecule has 0 saturated heterocycles. The summed E-state index contributed by atoms with van der Waals surface area (Å²) < 4.78 is 37.5. The van der Waals surface area contributed by atoms with E-state index in [1.54, 1.807) is 18.4 Å². The lowest BCUT2D eigenvalue weighted by molar-refractivity contribution is -0.140. The van der Waals surface area contributed by atoms with Gasteiger partial charge in [-0.05, 0) is 13.3 Å². The van der Waals surface area contributed by atoms with Crippen molar-refractivity contribution in [2.75, 3.05) is 13.6 Å². The second-order valence-corrected chi connectivity index (χ2v) is 6.85. The summed E-state index contributed by atoms with van der Waals surface area (Å²) in [5.74, 6) is 0.536. The summed E-state index contributed by atoms with van der Waals surface area (Å²) in [5.41, 5.74) is 0.174. The monoisotopic (exact) mass is 377 g/mol. The zero-order chi connectivity index (χ0) is 17.6. The Morgan fingerprint density at radius 1 is 1.17 bits per heavy atom. The van der Waals surface area contributed by atoms with E-state index in [0.717, 1.165) is 40.3 Å². The predicted molar refractivity (Wildman–Crippen MR) is 90.5 cm³/mol. The molecule has 0 aliphatic carbocycles. The van der Waals surface area contributed by atoms with Crippen molar-refractivity contribution in [3.63, 3.8) is 0 Å². The van der Waals surface area contributed by atoms with Gasteiger partial charge in [0, 0.05) is 36.5 Å². The Bertz CT molecular complexity index is 678. The van der Waals surface area contributed by atoms with Crippen LogP contribution in [-0.2, 0) is 19.1 Å². The maximum absolute atomic E-state index is 12.5. The largest absolute Gasteiger partial charge is 0.434 e. The first-order valence-electron chi connectivity index (χ1n) is 7.25. The van der Waals surface area contributed by atoms with Gasteiger partial charge < -0.3 is 10.6 Å². The van der Waals surface area contributed by atoms with Crippen molar-refractivity contribution in [2.24, 2.45) is 4.99 Å². The number of hydrogen-bond donors (Lipinski definition) is 2. The highest BCUT2D eigenvalue weighted by Crippen LogP contribution is 2.29. The molecule has 132 valence electrons. The van der Waals surface area contributed by atoms with Gasteiger partial charge in [0.1, 0.15) is 5.01 Å². The van der Waals surface area contributed by atoms with Gasteiger partial charge in [0.05, 0.1) is 11.6 Å². The van der Waals surface area contributed by atoms with Gasteiger partial charge in [0.25, 0.3) is 0 Å². The van der Waals surface area contributed by atoms with Gasteiger partial charge in [-0.15, -0.1) is 22.7 Å². The molecule has 0 unspecified atom stereocenters. The molecule has 0 fully saturated rings. The van der Waals surface area contributed by atoms with Crippen LogP contribution in [0, 0.1) is 6.92 Å². The third kappa shape index (κ3) is 5.75. The topological polar surface area (TPSA) is 62.2 Å². The van der Waals surface area contributed by atoms with E-state index in [0.29, 0.717) is 17.5 Å². The summed E-state index contributed by atoms with van der Waals surface area (Å²) in [5, 5.41) is 10.6. The van der Waals surface area contributed by atoms with Crippen LogP contribution in [0.2, 0.25) is 0 Å². The standard InChI is InChI=1S/C14H18F3N5S2/c1-9-7-23-11(21-9)4-3-5-19-13(18-2)20-6-12-22-10(8-24-12)14(15,16)17/h7-8H,3-6H2,1-2H3,(H2,18,19,20). The Labute approximate surface area is 146 Å². The lowest BCUT2D eigenvalue weighted by Crippen LogP contribution is -2.37. The number of nitrogens with one attached hydrogen (secondary N) is 2. The molecule has 0 spiro atoms. The van der Waals surface area contributed by atoms with Crippen molar-refractivity contribution in [1.82, 2.24) is 20.6 Å². The normalized spacial score (nSPS) is 12.5. The molecule has 10 heteroatoms. The predicted octanol–water partition coefficient (Wildman–Crippen LogP) is 3.22. The zero-order valence-corrected chi connectivity index (χ0v) is 14.9. The van der Waals surface area contributed by atoms with Crippen LogP contribution in [0.4, 0.5) is 13.2 Å². The van der Waals surface area contributed by atoms with E-state index in [-0.39, 0.29) is 6.54 Å². The van der Waals surface area contributed by atoms with Crippen molar-refractivity contribution >= 4 is 28.6 Å². The molecule has 2 aromatic rings. The van der Waals surface area contributed by atoms with Crippen molar-refractivity contribution < 1.29 is 13.2 Å². The van der Waals surface area contributed by atoms with Gasteiger partial charge in [-0.1, -0.05) is 0 Å². The summed E-state index contributed by atoms with van der Waals surface area (Å²) in [6.45, 7) is 2.86. The maximum Gasteiger partial charge on any atom is 0.434 e. The first-order valence-corrected chi connectivity index (χ1v) is 9.01. The average molecular weight is 377 g/mol. The lowest BCUT2D eigenvalue weighted by Gasteiger charge is -2.10. The minimum absolute atomic E-state index is 0.200. The fraction of sp³-hybridized carbons (Fsp3) is 0.500. The minimum atomic E-state index is -4.40. The molecule has 0 aromatic carbocycles. The molecule has 2 rings (SSSR count). The molecule has 0 aliphatic heterocycles. The molecule has 2 aromatic heterocycles. The zero-order valence-electron chi connectivity index (χ0n) is 13.3. The van der Waals surface area contributed by atoms with E-state index < -0.39 is 11.9 Å². The molecule has 0 amide bonds. The fourth-order valence-corrected chi connectivity index (χ4v) is 3.42. The van der Waals surface area contributed by atoms with Crippen LogP contribution in [0.15, 0.2) is 15.8 Å². The van der Waals surface area contributed by atoms with Gasteiger partial charge in [-0.3, -0.25) is 4.99 Å². The highest BCUT2D eigenvalue weighted by molar-refractivity contribution is 7.09. The number of guanidine groups is 1. The van der Waals surface area contributed by atoms with Crippen molar-refractivity contribution in [3.8, 4) is 0 Å². The van der Waals surface area contributed by atoms with E-state index in [9.17, 15) is 13.2 Å². The number of nitrogens with zero attached hydrogens (tertiary/aromatic N) is 3. The van der Waals surface area contributed by atoms with Gasteiger partial charge in [-0.25, -0.2) is 9.97 Å². The summed E-state index contributed by atoms with van der Waals surface area (Å²) in [4.78, 5) is 12.0. The maximum atomic E-state index is 12.5. The summed E-state index contributed by atoms with van der Waals surface area (Å²) in [6.07, 6.45) is -2.63. The van der Waals surface area contributed by atoms with Crippen molar-refractivity contribution in [1.29, 1.82) is 0 Å². The van der Waals surface area contributed by atoms with E-state index in [1.807, 2.05) is 12.3 Å². The summed E-state index contributed by atoms with van der Waals surface area (Å²) >= 11 is 2.62. The Hall–Kier alpha value is -1.68. The highest BCUT2D eigenvalue weighted by atomic mass is 32.1. The van der Waals surface area contributed by atoms with Crippen LogP contribution < -0.4 is 10.6 Å². The fourth-order valence-electron chi connectivity index (χ4n) is 1.87. The number of rotatable bonds is 6. The Kier molecular flexibility index (Phi) is 6.55.